The van der Waals surface area contributed by atoms with E-state index in [1.54, 1.807) is 24.9 Å². The second-order valence-electron chi connectivity index (χ2n) is 3.50. The number of furan rings is 1. The van der Waals surface area contributed by atoms with Gasteiger partial charge >= 0.3 is 0 Å². The first-order chi connectivity index (χ1) is 7.79. The summed E-state index contributed by atoms with van der Waals surface area (Å²) in [5.74, 6) is 1.59. The van der Waals surface area contributed by atoms with Crippen molar-refractivity contribution < 1.29 is 4.42 Å². The topological polar surface area (TPSA) is 54.2 Å². The summed E-state index contributed by atoms with van der Waals surface area (Å²) in [5, 5.41) is 2.96. The Morgan fingerprint density at radius 1 is 1.44 bits per heavy atom. The highest BCUT2D eigenvalue weighted by molar-refractivity contribution is 5.43. The van der Waals surface area contributed by atoms with Gasteiger partial charge < -0.3 is 14.6 Å². The lowest BCUT2D eigenvalue weighted by Gasteiger charge is -2.17. The molecule has 0 aliphatic carbocycles. The van der Waals surface area contributed by atoms with Gasteiger partial charge in [-0.2, -0.15) is 0 Å². The van der Waals surface area contributed by atoms with Crippen molar-refractivity contribution in [2.45, 2.75) is 6.54 Å². The molecule has 0 saturated carbocycles. The van der Waals surface area contributed by atoms with Gasteiger partial charge in [-0.05, 0) is 6.07 Å². The van der Waals surface area contributed by atoms with E-state index in [0.717, 1.165) is 23.7 Å². The molecule has 5 nitrogen and oxygen atoms in total. The average Bonchev–Trinajstić information content (AvgIpc) is 2.82. The first-order valence-electron chi connectivity index (χ1n) is 5.01. The Kier molecular flexibility index (Phi) is 3.05. The van der Waals surface area contributed by atoms with Gasteiger partial charge in [0.2, 0.25) is 0 Å². The van der Waals surface area contributed by atoms with Gasteiger partial charge in [-0.15, -0.1) is 0 Å². The molecular formula is C11H14N4O. The van der Waals surface area contributed by atoms with E-state index in [9.17, 15) is 0 Å². The van der Waals surface area contributed by atoms with Crippen molar-refractivity contribution in [2.24, 2.45) is 0 Å². The average molecular weight is 218 g/mol. The Hall–Kier alpha value is -2.04. The van der Waals surface area contributed by atoms with Crippen molar-refractivity contribution in [2.75, 3.05) is 24.3 Å². The van der Waals surface area contributed by atoms with Crippen molar-refractivity contribution in [1.29, 1.82) is 0 Å². The molecule has 0 atom stereocenters. The van der Waals surface area contributed by atoms with Crippen LogP contribution in [0.2, 0.25) is 0 Å². The van der Waals surface area contributed by atoms with Crippen LogP contribution < -0.4 is 10.2 Å². The Morgan fingerprint density at radius 2 is 2.31 bits per heavy atom. The summed E-state index contributed by atoms with van der Waals surface area (Å²) in [4.78, 5) is 10.5. The summed E-state index contributed by atoms with van der Waals surface area (Å²) in [6, 6.07) is 1.94. The summed E-state index contributed by atoms with van der Waals surface area (Å²) < 4.78 is 5.02. The van der Waals surface area contributed by atoms with Crippen molar-refractivity contribution in [3.63, 3.8) is 0 Å². The standard InChI is InChI=1S/C11H14N4O/c1-12-10-5-13-6-11(14-10)15(2)7-9-3-4-16-8-9/h3-6,8H,7H2,1-2H3,(H,12,14). The molecule has 0 unspecified atom stereocenters. The molecule has 84 valence electrons. The Morgan fingerprint density at radius 3 is 3.00 bits per heavy atom. The highest BCUT2D eigenvalue weighted by Crippen LogP contribution is 2.13. The first-order valence-corrected chi connectivity index (χ1v) is 5.01. The maximum Gasteiger partial charge on any atom is 0.149 e. The minimum absolute atomic E-state index is 0.748. The zero-order chi connectivity index (χ0) is 11.4. The number of aromatic nitrogens is 2. The van der Waals surface area contributed by atoms with Crippen molar-refractivity contribution >= 4 is 11.6 Å². The summed E-state index contributed by atoms with van der Waals surface area (Å²) in [6.45, 7) is 0.748. The number of hydrogen-bond donors (Lipinski definition) is 1. The van der Waals surface area contributed by atoms with E-state index in [2.05, 4.69) is 15.3 Å². The van der Waals surface area contributed by atoms with E-state index in [0.29, 0.717) is 0 Å². The normalized spacial score (nSPS) is 10.1. The van der Waals surface area contributed by atoms with Crippen LogP contribution in [0.5, 0.6) is 0 Å². The highest BCUT2D eigenvalue weighted by Gasteiger charge is 2.05. The van der Waals surface area contributed by atoms with Crippen molar-refractivity contribution in [3.05, 3.63) is 36.5 Å². The lowest BCUT2D eigenvalue weighted by molar-refractivity contribution is 0.563. The number of nitrogens with zero attached hydrogens (tertiary/aromatic N) is 3. The minimum atomic E-state index is 0.748. The highest BCUT2D eigenvalue weighted by atomic mass is 16.3. The van der Waals surface area contributed by atoms with Crippen LogP contribution in [-0.2, 0) is 6.54 Å². The molecule has 2 aromatic heterocycles. The van der Waals surface area contributed by atoms with Crippen LogP contribution in [0.1, 0.15) is 5.56 Å². The molecule has 16 heavy (non-hydrogen) atoms. The molecule has 0 saturated heterocycles. The van der Waals surface area contributed by atoms with Crippen LogP contribution in [0.15, 0.2) is 35.4 Å². The van der Waals surface area contributed by atoms with Gasteiger partial charge in [-0.1, -0.05) is 0 Å². The molecule has 0 aliphatic rings. The monoisotopic (exact) mass is 218 g/mol. The molecule has 1 N–H and O–H groups in total. The van der Waals surface area contributed by atoms with E-state index in [-0.39, 0.29) is 0 Å². The van der Waals surface area contributed by atoms with Gasteiger partial charge in [0.15, 0.2) is 0 Å². The molecular weight excluding hydrogens is 204 g/mol. The van der Waals surface area contributed by atoms with Crippen molar-refractivity contribution in [3.8, 4) is 0 Å². The van der Waals surface area contributed by atoms with Gasteiger partial charge in [0, 0.05) is 26.2 Å². The van der Waals surface area contributed by atoms with Gasteiger partial charge in [0.1, 0.15) is 11.6 Å². The predicted molar refractivity (Wildman–Crippen MR) is 62.4 cm³/mol. The van der Waals surface area contributed by atoms with Gasteiger partial charge in [-0.3, -0.25) is 4.98 Å². The second-order valence-corrected chi connectivity index (χ2v) is 3.50. The number of hydrogen-bond acceptors (Lipinski definition) is 5. The third-order valence-corrected chi connectivity index (χ3v) is 2.27. The quantitative estimate of drug-likeness (QED) is 0.847. The fourth-order valence-corrected chi connectivity index (χ4v) is 1.40. The molecule has 0 aliphatic heterocycles. The molecule has 0 aromatic carbocycles. The molecule has 2 rings (SSSR count). The number of rotatable bonds is 4. The van der Waals surface area contributed by atoms with Crippen LogP contribution in [0.4, 0.5) is 11.6 Å². The Labute approximate surface area is 94.1 Å². The number of nitrogens with one attached hydrogen (secondary N) is 1. The maximum atomic E-state index is 5.02. The number of anilines is 2. The zero-order valence-electron chi connectivity index (χ0n) is 9.34. The molecule has 0 bridgehead atoms. The van der Waals surface area contributed by atoms with Crippen molar-refractivity contribution in [1.82, 2.24) is 9.97 Å². The minimum Gasteiger partial charge on any atom is -0.472 e. The Balaban J connectivity index is 2.11. The van der Waals surface area contributed by atoms with E-state index in [1.807, 2.05) is 25.1 Å². The van der Waals surface area contributed by atoms with Crippen LogP contribution in [0.3, 0.4) is 0 Å². The van der Waals surface area contributed by atoms with E-state index < -0.39 is 0 Å². The third-order valence-electron chi connectivity index (χ3n) is 2.27. The van der Waals surface area contributed by atoms with E-state index >= 15 is 0 Å². The van der Waals surface area contributed by atoms with Gasteiger partial charge in [0.25, 0.3) is 0 Å². The molecule has 0 amide bonds. The van der Waals surface area contributed by atoms with E-state index in [1.165, 1.54) is 0 Å². The molecule has 5 heteroatoms. The Bertz CT molecular complexity index is 441. The lowest BCUT2D eigenvalue weighted by atomic mass is 10.3. The zero-order valence-corrected chi connectivity index (χ0v) is 9.34. The predicted octanol–water partition coefficient (Wildman–Crippen LogP) is 1.75. The summed E-state index contributed by atoms with van der Waals surface area (Å²) in [5.41, 5.74) is 1.11. The van der Waals surface area contributed by atoms with Gasteiger partial charge in [0.05, 0.1) is 24.9 Å². The first kappa shape index (κ1) is 10.5. The molecule has 2 aromatic rings. The summed E-state index contributed by atoms with van der Waals surface area (Å²) in [6.07, 6.45) is 6.82. The SMILES string of the molecule is CNc1cncc(N(C)Cc2ccoc2)n1. The lowest BCUT2D eigenvalue weighted by Crippen LogP contribution is -2.17. The fraction of sp³-hybridized carbons (Fsp3) is 0.273. The molecule has 2 heterocycles. The summed E-state index contributed by atoms with van der Waals surface area (Å²) in [7, 11) is 3.79. The largest absolute Gasteiger partial charge is 0.472 e. The molecule has 0 fully saturated rings. The van der Waals surface area contributed by atoms with Crippen LogP contribution in [-0.4, -0.2) is 24.1 Å². The third kappa shape index (κ3) is 2.31. The fourth-order valence-electron chi connectivity index (χ4n) is 1.40. The molecule has 0 spiro atoms. The summed E-state index contributed by atoms with van der Waals surface area (Å²) >= 11 is 0. The van der Waals surface area contributed by atoms with Crippen LogP contribution in [0.25, 0.3) is 0 Å². The smallest absolute Gasteiger partial charge is 0.149 e. The second kappa shape index (κ2) is 4.65. The van der Waals surface area contributed by atoms with E-state index in [4.69, 9.17) is 4.42 Å². The molecule has 0 radical (unpaired) electrons. The van der Waals surface area contributed by atoms with Crippen LogP contribution >= 0.6 is 0 Å². The van der Waals surface area contributed by atoms with Gasteiger partial charge in [-0.25, -0.2) is 4.98 Å². The maximum absolute atomic E-state index is 5.02. The van der Waals surface area contributed by atoms with Crippen LogP contribution in [0, 0.1) is 0 Å².